The number of benzene rings is 2. The van der Waals surface area contributed by atoms with Crippen molar-refractivity contribution in [3.63, 3.8) is 0 Å². The number of aliphatic hydroxyl groups excluding tert-OH is 1. The van der Waals surface area contributed by atoms with Crippen LogP contribution in [0.1, 0.15) is 0 Å². The smallest absolute Gasteiger partial charge is 0.127 e. The van der Waals surface area contributed by atoms with E-state index >= 15 is 0 Å². The number of nitrogens with zero attached hydrogens (tertiary/aromatic N) is 1. The summed E-state index contributed by atoms with van der Waals surface area (Å²) >= 11 is 11.5. The summed E-state index contributed by atoms with van der Waals surface area (Å²) in [6.07, 6.45) is -0.578. The fourth-order valence-corrected chi connectivity index (χ4v) is 2.87. The molecule has 2 rings (SSSR count). The molecule has 0 aliphatic carbocycles. The van der Waals surface area contributed by atoms with Crippen molar-refractivity contribution in [1.82, 2.24) is 4.90 Å². The molecule has 0 aliphatic heterocycles. The van der Waals surface area contributed by atoms with Crippen LogP contribution in [0, 0.1) is 0 Å². The Kier molecular flexibility index (Phi) is 9.68. The lowest BCUT2D eigenvalue weighted by Crippen LogP contribution is -2.37. The van der Waals surface area contributed by atoms with Crippen molar-refractivity contribution < 1.29 is 9.84 Å². The number of hydrogen-bond acceptors (Lipinski definition) is 3. The predicted molar refractivity (Wildman–Crippen MR) is 101 cm³/mol. The van der Waals surface area contributed by atoms with Crippen LogP contribution >= 0.6 is 35.6 Å². The second kappa shape index (κ2) is 11.0. The Morgan fingerprint density at radius 3 is 2.35 bits per heavy atom. The SMILES string of the molecule is Cl.OC(COc1cccc2ccccc12)CN(CCCl)CCCl. The molecule has 23 heavy (non-hydrogen) atoms. The van der Waals surface area contributed by atoms with Crippen LogP contribution in [0.4, 0.5) is 0 Å². The highest BCUT2D eigenvalue weighted by atomic mass is 35.5. The van der Waals surface area contributed by atoms with Gasteiger partial charge in [0.15, 0.2) is 0 Å². The summed E-state index contributed by atoms with van der Waals surface area (Å²) in [7, 11) is 0. The number of aliphatic hydroxyl groups is 1. The van der Waals surface area contributed by atoms with Gasteiger partial charge in [-0.25, -0.2) is 0 Å². The normalized spacial score (nSPS) is 12.2. The highest BCUT2D eigenvalue weighted by molar-refractivity contribution is 6.18. The molecule has 0 aromatic heterocycles. The van der Waals surface area contributed by atoms with Crippen molar-refractivity contribution >= 4 is 46.4 Å². The number of hydrogen-bond donors (Lipinski definition) is 1. The van der Waals surface area contributed by atoms with Crippen molar-refractivity contribution in [2.75, 3.05) is 38.0 Å². The third-order valence-corrected chi connectivity index (χ3v) is 3.79. The molecule has 128 valence electrons. The van der Waals surface area contributed by atoms with Crippen molar-refractivity contribution in [2.45, 2.75) is 6.10 Å². The van der Waals surface area contributed by atoms with Crippen molar-refractivity contribution in [3.8, 4) is 5.75 Å². The first-order valence-corrected chi connectivity index (χ1v) is 8.44. The Morgan fingerprint density at radius 1 is 1.00 bits per heavy atom. The van der Waals surface area contributed by atoms with Crippen molar-refractivity contribution in [2.24, 2.45) is 0 Å². The number of alkyl halides is 2. The van der Waals surface area contributed by atoms with Gasteiger partial charge in [-0.1, -0.05) is 36.4 Å². The largest absolute Gasteiger partial charge is 0.490 e. The van der Waals surface area contributed by atoms with Crippen LogP contribution in [0.2, 0.25) is 0 Å². The van der Waals surface area contributed by atoms with Crippen LogP contribution in [0.3, 0.4) is 0 Å². The predicted octanol–water partition coefficient (Wildman–Crippen LogP) is 3.78. The lowest BCUT2D eigenvalue weighted by molar-refractivity contribution is 0.0727. The van der Waals surface area contributed by atoms with Gasteiger partial charge < -0.3 is 9.84 Å². The van der Waals surface area contributed by atoms with Crippen LogP contribution in [-0.4, -0.2) is 54.1 Å². The molecule has 0 amide bonds. The summed E-state index contributed by atoms with van der Waals surface area (Å²) in [5, 5.41) is 12.3. The molecule has 6 heteroatoms. The summed E-state index contributed by atoms with van der Waals surface area (Å²) < 4.78 is 5.80. The molecule has 0 heterocycles. The molecular formula is C17H22Cl3NO2. The van der Waals surface area contributed by atoms with Gasteiger partial charge in [0.2, 0.25) is 0 Å². The Morgan fingerprint density at radius 2 is 1.65 bits per heavy atom. The highest BCUT2D eigenvalue weighted by Gasteiger charge is 2.12. The Labute approximate surface area is 153 Å². The molecule has 2 aromatic carbocycles. The zero-order valence-corrected chi connectivity index (χ0v) is 15.2. The van der Waals surface area contributed by atoms with Gasteiger partial charge in [0.25, 0.3) is 0 Å². The van der Waals surface area contributed by atoms with E-state index < -0.39 is 6.10 Å². The van der Waals surface area contributed by atoms with E-state index in [9.17, 15) is 5.11 Å². The van der Waals surface area contributed by atoms with E-state index in [1.165, 1.54) is 0 Å². The second-order valence-electron chi connectivity index (χ2n) is 5.12. The van der Waals surface area contributed by atoms with Gasteiger partial charge in [0.05, 0.1) is 0 Å². The second-order valence-corrected chi connectivity index (χ2v) is 5.88. The zero-order valence-electron chi connectivity index (χ0n) is 12.8. The van der Waals surface area contributed by atoms with Gasteiger partial charge in [0.1, 0.15) is 18.5 Å². The van der Waals surface area contributed by atoms with Gasteiger partial charge in [0, 0.05) is 36.8 Å². The summed E-state index contributed by atoms with van der Waals surface area (Å²) in [4.78, 5) is 2.04. The molecule has 1 N–H and O–H groups in total. The van der Waals surface area contributed by atoms with Crippen molar-refractivity contribution in [3.05, 3.63) is 42.5 Å². The molecule has 0 bridgehead atoms. The van der Waals surface area contributed by atoms with E-state index in [1.807, 2.05) is 47.4 Å². The van der Waals surface area contributed by atoms with Crippen LogP contribution in [0.5, 0.6) is 5.75 Å². The minimum atomic E-state index is -0.578. The molecular weight excluding hydrogens is 357 g/mol. The van der Waals surface area contributed by atoms with E-state index in [0.29, 0.717) is 31.4 Å². The van der Waals surface area contributed by atoms with Crippen LogP contribution in [0.25, 0.3) is 10.8 Å². The Hall–Kier alpha value is -0.710. The van der Waals surface area contributed by atoms with E-state index in [4.69, 9.17) is 27.9 Å². The molecule has 0 spiro atoms. The number of rotatable bonds is 9. The summed E-state index contributed by atoms with van der Waals surface area (Å²) in [5.74, 6) is 1.83. The fourth-order valence-electron chi connectivity index (χ4n) is 2.39. The maximum Gasteiger partial charge on any atom is 0.127 e. The van der Waals surface area contributed by atoms with E-state index in [-0.39, 0.29) is 19.0 Å². The van der Waals surface area contributed by atoms with Crippen molar-refractivity contribution in [1.29, 1.82) is 0 Å². The third kappa shape index (κ3) is 6.36. The van der Waals surface area contributed by atoms with E-state index in [1.54, 1.807) is 0 Å². The fraction of sp³-hybridized carbons (Fsp3) is 0.412. The van der Waals surface area contributed by atoms with E-state index in [0.717, 1.165) is 16.5 Å². The summed E-state index contributed by atoms with van der Waals surface area (Å²) in [5.41, 5.74) is 0. The first-order chi connectivity index (χ1) is 10.7. The molecule has 0 saturated carbocycles. The molecule has 0 aliphatic rings. The lowest BCUT2D eigenvalue weighted by atomic mass is 10.1. The Balaban J connectivity index is 0.00000264. The minimum Gasteiger partial charge on any atom is -0.490 e. The maximum atomic E-state index is 10.2. The van der Waals surface area contributed by atoms with E-state index in [2.05, 4.69) is 0 Å². The number of halogens is 3. The van der Waals surface area contributed by atoms with Crippen LogP contribution in [0.15, 0.2) is 42.5 Å². The van der Waals surface area contributed by atoms with Gasteiger partial charge in [-0.3, -0.25) is 4.90 Å². The first-order valence-electron chi connectivity index (χ1n) is 7.37. The molecule has 0 fully saturated rings. The monoisotopic (exact) mass is 377 g/mol. The number of fused-ring (bicyclic) bond motifs is 1. The average Bonchev–Trinajstić information content (AvgIpc) is 2.53. The zero-order chi connectivity index (χ0) is 15.8. The molecule has 0 saturated heterocycles. The highest BCUT2D eigenvalue weighted by Crippen LogP contribution is 2.25. The molecule has 0 radical (unpaired) electrons. The minimum absolute atomic E-state index is 0. The summed E-state index contributed by atoms with van der Waals surface area (Å²) in [6, 6.07) is 14.0. The molecule has 1 atom stereocenters. The van der Waals surface area contributed by atoms with Gasteiger partial charge in [-0.15, -0.1) is 35.6 Å². The summed E-state index contributed by atoms with van der Waals surface area (Å²) in [6.45, 7) is 2.17. The Bertz CT molecular complexity index is 571. The lowest BCUT2D eigenvalue weighted by Gasteiger charge is -2.23. The van der Waals surface area contributed by atoms with Gasteiger partial charge in [-0.05, 0) is 11.5 Å². The van der Waals surface area contributed by atoms with Crippen LogP contribution in [-0.2, 0) is 0 Å². The average molecular weight is 379 g/mol. The maximum absolute atomic E-state index is 10.2. The molecule has 1 unspecified atom stereocenters. The quantitative estimate of drug-likeness (QED) is 0.674. The first kappa shape index (κ1) is 20.3. The van der Waals surface area contributed by atoms with Gasteiger partial charge >= 0.3 is 0 Å². The molecule has 3 nitrogen and oxygen atoms in total. The third-order valence-electron chi connectivity index (χ3n) is 3.45. The topological polar surface area (TPSA) is 32.7 Å². The van der Waals surface area contributed by atoms with Gasteiger partial charge in [-0.2, -0.15) is 0 Å². The number of ether oxygens (including phenoxy) is 1. The molecule has 2 aromatic rings. The van der Waals surface area contributed by atoms with Crippen LogP contribution < -0.4 is 4.74 Å². The standard InChI is InChI=1S/C17H21Cl2NO2.ClH/c18-8-10-20(11-9-19)12-15(21)13-22-17-7-3-5-14-4-1-2-6-16(14)17;/h1-7,15,21H,8-13H2;1H.